The lowest BCUT2D eigenvalue weighted by molar-refractivity contribution is -0.132. The van der Waals surface area contributed by atoms with Gasteiger partial charge >= 0.3 is 5.97 Å². The molecule has 1 saturated heterocycles. The zero-order chi connectivity index (χ0) is 20.6. The first-order chi connectivity index (χ1) is 14.0. The molecule has 3 rings (SSSR count). The number of nitrogens with zero attached hydrogens (tertiary/aromatic N) is 1. The van der Waals surface area contributed by atoms with Gasteiger partial charge in [0, 0.05) is 26.1 Å². The van der Waals surface area contributed by atoms with Crippen LogP contribution in [-0.4, -0.2) is 47.7 Å². The first-order valence-electron chi connectivity index (χ1n) is 10.3. The first kappa shape index (κ1) is 21.1. The minimum absolute atomic E-state index is 0.0489. The summed E-state index contributed by atoms with van der Waals surface area (Å²) in [5.41, 5.74) is 3.39. The fourth-order valence-electron chi connectivity index (χ4n) is 3.72. The van der Waals surface area contributed by atoms with E-state index in [1.807, 2.05) is 11.0 Å². The largest absolute Gasteiger partial charge is 0.478 e. The minimum Gasteiger partial charge on any atom is -0.478 e. The van der Waals surface area contributed by atoms with Crippen molar-refractivity contribution in [2.75, 3.05) is 19.7 Å². The molecule has 2 aromatic carbocycles. The number of benzene rings is 2. The van der Waals surface area contributed by atoms with Crippen LogP contribution in [0.2, 0.25) is 0 Å². The highest BCUT2D eigenvalue weighted by Gasteiger charge is 2.23. The maximum atomic E-state index is 13.0. The van der Waals surface area contributed by atoms with Gasteiger partial charge < -0.3 is 14.7 Å². The van der Waals surface area contributed by atoms with E-state index in [0.29, 0.717) is 31.5 Å². The van der Waals surface area contributed by atoms with Crippen molar-refractivity contribution >= 4 is 11.9 Å². The molecule has 0 saturated carbocycles. The van der Waals surface area contributed by atoms with Gasteiger partial charge in [0.05, 0.1) is 11.7 Å². The molecule has 2 aromatic rings. The van der Waals surface area contributed by atoms with Crippen LogP contribution >= 0.6 is 0 Å². The molecular weight excluding hydrogens is 366 g/mol. The smallest absolute Gasteiger partial charge is 0.335 e. The summed E-state index contributed by atoms with van der Waals surface area (Å²) in [5.74, 6) is -0.906. The van der Waals surface area contributed by atoms with Crippen molar-refractivity contribution in [1.29, 1.82) is 0 Å². The molecule has 0 bridgehead atoms. The van der Waals surface area contributed by atoms with E-state index in [-0.39, 0.29) is 17.6 Å². The van der Waals surface area contributed by atoms with Gasteiger partial charge in [0.2, 0.25) is 5.91 Å². The van der Waals surface area contributed by atoms with Crippen molar-refractivity contribution in [1.82, 2.24) is 4.90 Å². The van der Waals surface area contributed by atoms with E-state index >= 15 is 0 Å². The Kier molecular flexibility index (Phi) is 7.42. The van der Waals surface area contributed by atoms with Crippen molar-refractivity contribution < 1.29 is 19.4 Å². The van der Waals surface area contributed by atoms with Crippen LogP contribution in [0.4, 0.5) is 0 Å². The molecule has 5 heteroatoms. The third-order valence-corrected chi connectivity index (χ3v) is 5.45. The van der Waals surface area contributed by atoms with Crippen molar-refractivity contribution in [2.45, 2.75) is 45.1 Å². The molecule has 1 N–H and O–H groups in total. The highest BCUT2D eigenvalue weighted by molar-refractivity contribution is 5.89. The Morgan fingerprint density at radius 3 is 2.55 bits per heavy atom. The Bertz CT molecular complexity index is 825. The summed E-state index contributed by atoms with van der Waals surface area (Å²) in [6.45, 7) is 4.07. The molecule has 1 heterocycles. The Morgan fingerprint density at radius 2 is 1.86 bits per heavy atom. The lowest BCUT2D eigenvalue weighted by atomic mass is 10.0. The van der Waals surface area contributed by atoms with E-state index < -0.39 is 5.97 Å². The number of aromatic carboxylic acids is 1. The number of amides is 1. The Balaban J connectivity index is 1.63. The maximum Gasteiger partial charge on any atom is 0.335 e. The molecule has 1 amide bonds. The van der Waals surface area contributed by atoms with Gasteiger partial charge in [0.15, 0.2) is 0 Å². The van der Waals surface area contributed by atoms with Gasteiger partial charge in [-0.2, -0.15) is 0 Å². The second-order valence-electron chi connectivity index (χ2n) is 7.67. The average Bonchev–Trinajstić information content (AvgIpc) is 3.24. The summed E-state index contributed by atoms with van der Waals surface area (Å²) >= 11 is 0. The molecule has 1 fully saturated rings. The molecule has 1 atom stereocenters. The highest BCUT2D eigenvalue weighted by Crippen LogP contribution is 2.17. The molecule has 0 radical (unpaired) electrons. The quantitative estimate of drug-likeness (QED) is 0.700. The lowest BCUT2D eigenvalue weighted by Crippen LogP contribution is -2.39. The standard InChI is InChI=1S/C24H29NO4/c1-18-8-10-19(11-9-18)14-15-25(17-21-6-4-16-29-21)23(26)13-12-20-5-2-3-7-22(20)24(27)28/h2-3,5,7-11,21H,4,6,12-17H2,1H3,(H,27,28). The zero-order valence-corrected chi connectivity index (χ0v) is 17.0. The topological polar surface area (TPSA) is 66.8 Å². The molecule has 29 heavy (non-hydrogen) atoms. The van der Waals surface area contributed by atoms with E-state index in [2.05, 4.69) is 31.2 Å². The van der Waals surface area contributed by atoms with Crippen LogP contribution in [-0.2, 0) is 22.4 Å². The fourth-order valence-corrected chi connectivity index (χ4v) is 3.72. The Labute approximate surface area is 172 Å². The van der Waals surface area contributed by atoms with Gasteiger partial charge in [-0.15, -0.1) is 0 Å². The van der Waals surface area contributed by atoms with Gasteiger partial charge in [-0.25, -0.2) is 4.79 Å². The van der Waals surface area contributed by atoms with E-state index in [1.165, 1.54) is 11.1 Å². The highest BCUT2D eigenvalue weighted by atomic mass is 16.5. The predicted molar refractivity (Wildman–Crippen MR) is 112 cm³/mol. The van der Waals surface area contributed by atoms with Crippen LogP contribution in [0, 0.1) is 6.92 Å². The first-order valence-corrected chi connectivity index (χ1v) is 10.3. The van der Waals surface area contributed by atoms with Gasteiger partial charge in [-0.1, -0.05) is 48.0 Å². The van der Waals surface area contributed by atoms with Crippen LogP contribution in [0.1, 0.15) is 46.3 Å². The van der Waals surface area contributed by atoms with Crippen LogP contribution < -0.4 is 0 Å². The summed E-state index contributed by atoms with van der Waals surface area (Å²) in [6.07, 6.45) is 3.64. The fraction of sp³-hybridized carbons (Fsp3) is 0.417. The van der Waals surface area contributed by atoms with Crippen molar-refractivity contribution in [3.63, 3.8) is 0 Å². The molecule has 0 spiro atoms. The number of hydrogen-bond acceptors (Lipinski definition) is 3. The monoisotopic (exact) mass is 395 g/mol. The van der Waals surface area contributed by atoms with E-state index in [9.17, 15) is 14.7 Å². The van der Waals surface area contributed by atoms with Crippen molar-refractivity contribution in [2.24, 2.45) is 0 Å². The van der Waals surface area contributed by atoms with Crippen molar-refractivity contribution in [3.8, 4) is 0 Å². The number of carboxylic acid groups (broad SMARTS) is 1. The normalized spacial score (nSPS) is 16.0. The maximum absolute atomic E-state index is 13.0. The summed E-state index contributed by atoms with van der Waals surface area (Å²) in [6, 6.07) is 15.3. The van der Waals surface area contributed by atoms with Gasteiger partial charge in [0.1, 0.15) is 0 Å². The van der Waals surface area contributed by atoms with Gasteiger partial charge in [-0.05, 0) is 49.8 Å². The number of ether oxygens (including phenoxy) is 1. The second-order valence-corrected chi connectivity index (χ2v) is 7.67. The Morgan fingerprint density at radius 1 is 1.10 bits per heavy atom. The van der Waals surface area contributed by atoms with E-state index in [4.69, 9.17) is 4.74 Å². The van der Waals surface area contributed by atoms with E-state index in [0.717, 1.165) is 25.9 Å². The van der Waals surface area contributed by atoms with E-state index in [1.54, 1.807) is 18.2 Å². The minimum atomic E-state index is -0.955. The van der Waals surface area contributed by atoms with Gasteiger partial charge in [0.25, 0.3) is 0 Å². The van der Waals surface area contributed by atoms with Crippen LogP contribution in [0.25, 0.3) is 0 Å². The summed E-state index contributed by atoms with van der Waals surface area (Å²) in [7, 11) is 0. The number of hydrogen-bond donors (Lipinski definition) is 1. The van der Waals surface area contributed by atoms with Gasteiger partial charge in [-0.3, -0.25) is 4.79 Å². The SMILES string of the molecule is Cc1ccc(CCN(CC2CCCO2)C(=O)CCc2ccccc2C(=O)O)cc1. The lowest BCUT2D eigenvalue weighted by Gasteiger charge is -2.26. The third kappa shape index (κ3) is 6.16. The Hall–Kier alpha value is -2.66. The molecule has 5 nitrogen and oxygen atoms in total. The zero-order valence-electron chi connectivity index (χ0n) is 17.0. The number of carbonyl (C=O) groups excluding carboxylic acids is 1. The number of aryl methyl sites for hydroxylation is 2. The molecule has 1 aliphatic rings. The average molecular weight is 395 g/mol. The molecule has 154 valence electrons. The summed E-state index contributed by atoms with van der Waals surface area (Å²) in [4.78, 5) is 26.3. The molecule has 0 aliphatic carbocycles. The molecule has 1 aliphatic heterocycles. The number of carbonyl (C=O) groups is 2. The van der Waals surface area contributed by atoms with Crippen LogP contribution in [0.15, 0.2) is 48.5 Å². The number of rotatable bonds is 9. The number of carboxylic acids is 1. The van der Waals surface area contributed by atoms with Crippen LogP contribution in [0.5, 0.6) is 0 Å². The van der Waals surface area contributed by atoms with Crippen LogP contribution in [0.3, 0.4) is 0 Å². The second kappa shape index (κ2) is 10.2. The van der Waals surface area contributed by atoms with Crippen molar-refractivity contribution in [3.05, 3.63) is 70.8 Å². The predicted octanol–water partition coefficient (Wildman–Crippen LogP) is 3.88. The molecule has 1 unspecified atom stereocenters. The summed E-state index contributed by atoms with van der Waals surface area (Å²) < 4.78 is 5.74. The molecule has 0 aromatic heterocycles. The third-order valence-electron chi connectivity index (χ3n) is 5.45. The summed E-state index contributed by atoms with van der Waals surface area (Å²) in [5, 5.41) is 9.35. The molecular formula is C24H29NO4.